The second kappa shape index (κ2) is 11.6. The van der Waals surface area contributed by atoms with Gasteiger partial charge in [0.15, 0.2) is 0 Å². The van der Waals surface area contributed by atoms with Crippen LogP contribution in [0.5, 0.6) is 0 Å². The number of para-hydroxylation sites is 1. The monoisotopic (exact) mass is 473 g/mol. The molecule has 0 unspecified atom stereocenters. The van der Waals surface area contributed by atoms with E-state index in [4.69, 9.17) is 5.73 Å². The van der Waals surface area contributed by atoms with E-state index < -0.39 is 0 Å². The van der Waals surface area contributed by atoms with Crippen LogP contribution in [0.1, 0.15) is 61.8 Å². The molecule has 2 aromatic carbocycles. The summed E-state index contributed by atoms with van der Waals surface area (Å²) in [6, 6.07) is 12.3. The molecule has 0 saturated carbocycles. The van der Waals surface area contributed by atoms with Gasteiger partial charge in [-0.15, -0.1) is 0 Å². The summed E-state index contributed by atoms with van der Waals surface area (Å²) in [5.41, 5.74) is 14.0. The first kappa shape index (κ1) is 26.6. The van der Waals surface area contributed by atoms with Crippen LogP contribution in [-0.2, 0) is 6.54 Å². The Morgan fingerprint density at radius 2 is 1.77 bits per heavy atom. The number of hydrogen-bond acceptors (Lipinski definition) is 5. The van der Waals surface area contributed by atoms with Gasteiger partial charge in [-0.05, 0) is 55.2 Å². The van der Waals surface area contributed by atoms with Crippen LogP contribution in [0.2, 0.25) is 0 Å². The molecule has 3 rings (SSSR count). The van der Waals surface area contributed by atoms with Gasteiger partial charge in [-0.25, -0.2) is 0 Å². The van der Waals surface area contributed by atoms with Gasteiger partial charge in [-0.2, -0.15) is 0 Å². The van der Waals surface area contributed by atoms with E-state index in [0.717, 1.165) is 53.5 Å². The number of likely N-dealkylation sites (tertiary alicyclic amines) is 1. The Labute approximate surface area is 212 Å². The smallest absolute Gasteiger partial charge is 0.0765 e. The number of rotatable bonds is 11. The van der Waals surface area contributed by atoms with E-state index in [-0.39, 0.29) is 0 Å². The SMILES string of the molecule is C=Nc1c(CNc2ccccc2C(=C)N)cc(C)cc1C(=C)N(C)CN1CCC(CC)(CC)CC1. The third kappa shape index (κ3) is 6.15. The Morgan fingerprint density at radius 1 is 1.11 bits per heavy atom. The zero-order chi connectivity index (χ0) is 25.6. The second-order valence-corrected chi connectivity index (χ2v) is 10.0. The van der Waals surface area contributed by atoms with Crippen molar-refractivity contribution in [2.24, 2.45) is 16.1 Å². The lowest BCUT2D eigenvalue weighted by Crippen LogP contribution is -2.43. The van der Waals surface area contributed by atoms with Crippen LogP contribution in [0.4, 0.5) is 11.4 Å². The molecule has 5 heteroatoms. The molecular weight excluding hydrogens is 430 g/mol. The number of anilines is 1. The van der Waals surface area contributed by atoms with Gasteiger partial charge in [-0.3, -0.25) is 9.89 Å². The molecule has 35 heavy (non-hydrogen) atoms. The number of nitrogens with one attached hydrogen (secondary N) is 1. The number of aliphatic imine (C=N–C) groups is 1. The quantitative estimate of drug-likeness (QED) is 0.360. The highest BCUT2D eigenvalue weighted by Crippen LogP contribution is 2.38. The summed E-state index contributed by atoms with van der Waals surface area (Å²) >= 11 is 0. The molecule has 0 aromatic heterocycles. The Hall–Kier alpha value is -3.05. The van der Waals surface area contributed by atoms with E-state index in [1.165, 1.54) is 31.2 Å². The predicted octanol–water partition coefficient (Wildman–Crippen LogP) is 6.63. The topological polar surface area (TPSA) is 56.9 Å². The fraction of sp³-hybridized carbons (Fsp3) is 0.433. The third-order valence-corrected chi connectivity index (χ3v) is 7.83. The molecule has 1 fully saturated rings. The normalized spacial score (nSPS) is 15.4. The summed E-state index contributed by atoms with van der Waals surface area (Å²) in [4.78, 5) is 9.24. The Morgan fingerprint density at radius 3 is 2.37 bits per heavy atom. The number of aryl methyl sites for hydroxylation is 1. The van der Waals surface area contributed by atoms with Gasteiger partial charge < -0.3 is 16.0 Å². The highest BCUT2D eigenvalue weighted by Gasteiger charge is 2.31. The van der Waals surface area contributed by atoms with Crippen LogP contribution in [0.15, 0.2) is 54.5 Å². The molecular formula is C30H43N5. The summed E-state index contributed by atoms with van der Waals surface area (Å²) < 4.78 is 0. The van der Waals surface area contributed by atoms with Gasteiger partial charge >= 0.3 is 0 Å². The molecule has 0 atom stereocenters. The maximum Gasteiger partial charge on any atom is 0.0765 e. The van der Waals surface area contributed by atoms with Crippen LogP contribution in [0, 0.1) is 12.3 Å². The summed E-state index contributed by atoms with van der Waals surface area (Å²) in [6.45, 7) is 22.8. The van der Waals surface area contributed by atoms with Gasteiger partial charge in [-0.1, -0.05) is 64.1 Å². The molecule has 0 amide bonds. The summed E-state index contributed by atoms with van der Waals surface area (Å²) in [6.07, 6.45) is 5.10. The van der Waals surface area contributed by atoms with Crippen molar-refractivity contribution in [1.82, 2.24) is 9.80 Å². The zero-order valence-electron chi connectivity index (χ0n) is 22.2. The van der Waals surface area contributed by atoms with Crippen LogP contribution in [0.25, 0.3) is 11.4 Å². The largest absolute Gasteiger partial charge is 0.399 e. The van der Waals surface area contributed by atoms with Gasteiger partial charge in [0.05, 0.1) is 12.4 Å². The molecule has 0 spiro atoms. The summed E-state index contributed by atoms with van der Waals surface area (Å²) in [5.74, 6) is 0. The van der Waals surface area contributed by atoms with Crippen molar-refractivity contribution in [3.05, 3.63) is 71.8 Å². The minimum Gasteiger partial charge on any atom is -0.399 e. The van der Waals surface area contributed by atoms with Crippen molar-refractivity contribution in [3.63, 3.8) is 0 Å². The van der Waals surface area contributed by atoms with Crippen LogP contribution >= 0.6 is 0 Å². The number of nitrogens with zero attached hydrogens (tertiary/aromatic N) is 3. The van der Waals surface area contributed by atoms with Crippen molar-refractivity contribution < 1.29 is 0 Å². The Bertz CT molecular complexity index is 1060. The van der Waals surface area contributed by atoms with E-state index in [2.05, 4.69) is 79.9 Å². The highest BCUT2D eigenvalue weighted by molar-refractivity contribution is 5.77. The number of nitrogens with two attached hydrogens (primary N) is 1. The molecule has 0 bridgehead atoms. The zero-order valence-corrected chi connectivity index (χ0v) is 22.2. The number of hydrogen-bond donors (Lipinski definition) is 2. The first-order chi connectivity index (χ1) is 16.7. The number of benzene rings is 2. The lowest BCUT2D eigenvalue weighted by molar-refractivity contribution is 0.0731. The van der Waals surface area contributed by atoms with E-state index in [9.17, 15) is 0 Å². The summed E-state index contributed by atoms with van der Waals surface area (Å²) in [5, 5.41) is 3.51. The maximum atomic E-state index is 5.98. The first-order valence-corrected chi connectivity index (χ1v) is 12.7. The average molecular weight is 474 g/mol. The van der Waals surface area contributed by atoms with E-state index in [1.54, 1.807) is 0 Å². The lowest BCUT2D eigenvalue weighted by Gasteiger charge is -2.42. The summed E-state index contributed by atoms with van der Waals surface area (Å²) in [7, 11) is 2.13. The van der Waals surface area contributed by atoms with Crippen molar-refractivity contribution >= 4 is 29.5 Å². The standard InChI is InChI=1S/C30H43N5/c1-8-30(9-2)14-16-35(17-15-30)21-34(7)24(5)27-19-22(3)18-25(29(27)32-6)20-33-28-13-11-10-12-26(28)23(4)31/h10-13,18-19,33H,4-6,8-9,14-17,20-21,31H2,1-3,7H3. The fourth-order valence-electron chi connectivity index (χ4n) is 5.22. The molecule has 1 saturated heterocycles. The lowest BCUT2D eigenvalue weighted by atomic mass is 9.74. The van der Waals surface area contributed by atoms with Gasteiger partial charge in [0, 0.05) is 54.9 Å². The molecule has 1 aliphatic rings. The van der Waals surface area contributed by atoms with Crippen LogP contribution in [0.3, 0.4) is 0 Å². The second-order valence-electron chi connectivity index (χ2n) is 10.0. The molecule has 2 aromatic rings. The van der Waals surface area contributed by atoms with Crippen molar-refractivity contribution in [3.8, 4) is 0 Å². The molecule has 1 aliphatic heterocycles. The molecule has 188 valence electrons. The van der Waals surface area contributed by atoms with Gasteiger partial charge in [0.2, 0.25) is 0 Å². The molecule has 3 N–H and O–H groups in total. The highest BCUT2D eigenvalue weighted by atomic mass is 15.3. The molecule has 0 radical (unpaired) electrons. The van der Waals surface area contributed by atoms with E-state index in [1.807, 2.05) is 24.3 Å². The van der Waals surface area contributed by atoms with Gasteiger partial charge in [0.1, 0.15) is 0 Å². The van der Waals surface area contributed by atoms with Gasteiger partial charge in [0.25, 0.3) is 0 Å². The minimum absolute atomic E-state index is 0.527. The van der Waals surface area contributed by atoms with E-state index in [0.29, 0.717) is 17.7 Å². The van der Waals surface area contributed by atoms with E-state index >= 15 is 0 Å². The first-order valence-electron chi connectivity index (χ1n) is 12.7. The average Bonchev–Trinajstić information content (AvgIpc) is 2.87. The van der Waals surface area contributed by atoms with Crippen molar-refractivity contribution in [1.29, 1.82) is 0 Å². The van der Waals surface area contributed by atoms with Crippen LogP contribution in [-0.4, -0.2) is 43.3 Å². The molecule has 5 nitrogen and oxygen atoms in total. The third-order valence-electron chi connectivity index (χ3n) is 7.83. The maximum absolute atomic E-state index is 5.98. The molecule has 1 heterocycles. The van der Waals surface area contributed by atoms with Crippen LogP contribution < -0.4 is 11.1 Å². The Balaban J connectivity index is 1.75. The number of piperidine rings is 1. The minimum atomic E-state index is 0.527. The molecule has 0 aliphatic carbocycles. The van der Waals surface area contributed by atoms with Crippen molar-refractivity contribution in [2.45, 2.75) is 53.0 Å². The van der Waals surface area contributed by atoms with Crippen molar-refractivity contribution in [2.75, 3.05) is 32.1 Å². The predicted molar refractivity (Wildman–Crippen MR) is 153 cm³/mol. The fourth-order valence-corrected chi connectivity index (χ4v) is 5.22. The Kier molecular flexibility index (Phi) is 8.79.